The van der Waals surface area contributed by atoms with E-state index in [0.29, 0.717) is 18.9 Å². The topological polar surface area (TPSA) is 102 Å². The molecule has 2 aliphatic heterocycles. The van der Waals surface area contributed by atoms with E-state index in [1.807, 2.05) is 0 Å². The molecule has 3 heterocycles. The lowest BCUT2D eigenvalue weighted by atomic mass is 9.97. The van der Waals surface area contributed by atoms with Crippen LogP contribution >= 0.6 is 0 Å². The lowest BCUT2D eigenvalue weighted by Gasteiger charge is -2.26. The first-order valence-electron chi connectivity index (χ1n) is 8.17. The molecule has 1 aromatic rings. The molecule has 130 valence electrons. The van der Waals surface area contributed by atoms with Crippen molar-refractivity contribution in [2.24, 2.45) is 5.41 Å². The zero-order valence-corrected chi connectivity index (χ0v) is 14.1. The molecule has 0 radical (unpaired) electrons. The van der Waals surface area contributed by atoms with Crippen LogP contribution in [0.1, 0.15) is 56.0 Å². The van der Waals surface area contributed by atoms with Crippen molar-refractivity contribution in [2.45, 2.75) is 46.2 Å². The number of nitrogens with zero attached hydrogens (tertiary/aromatic N) is 2. The Kier molecular flexibility index (Phi) is 4.16. The largest absolute Gasteiger partial charge is 0.418 e. The molecule has 0 saturated carbocycles. The van der Waals surface area contributed by atoms with Gasteiger partial charge in [0, 0.05) is 13.1 Å². The normalized spacial score (nSPS) is 20.5. The smallest absolute Gasteiger partial charge is 0.316 e. The van der Waals surface area contributed by atoms with Gasteiger partial charge in [0.05, 0.1) is 11.5 Å². The van der Waals surface area contributed by atoms with E-state index in [-0.39, 0.29) is 17.5 Å². The van der Waals surface area contributed by atoms with Gasteiger partial charge in [-0.05, 0) is 40.2 Å². The van der Waals surface area contributed by atoms with Gasteiger partial charge in [0.1, 0.15) is 5.82 Å². The summed E-state index contributed by atoms with van der Waals surface area (Å²) in [4.78, 5) is 41.1. The number of fused-ring (bicyclic) bond motifs is 1. The van der Waals surface area contributed by atoms with Crippen LogP contribution in [0.25, 0.3) is 0 Å². The van der Waals surface area contributed by atoms with E-state index in [0.717, 1.165) is 19.4 Å². The number of ether oxygens (including phenoxy) is 1. The molecular formula is C16H22N4O4. The molecule has 1 aromatic heterocycles. The van der Waals surface area contributed by atoms with E-state index in [4.69, 9.17) is 4.74 Å². The van der Waals surface area contributed by atoms with Crippen molar-refractivity contribution < 1.29 is 14.3 Å². The lowest BCUT2D eigenvalue weighted by Crippen LogP contribution is -2.42. The van der Waals surface area contributed by atoms with E-state index in [2.05, 4.69) is 15.6 Å². The fraction of sp³-hybridized carbons (Fsp3) is 0.625. The minimum absolute atomic E-state index is 0.0604. The summed E-state index contributed by atoms with van der Waals surface area (Å²) in [5, 5.41) is 5.99. The van der Waals surface area contributed by atoms with Crippen molar-refractivity contribution in [3.63, 3.8) is 0 Å². The molecule has 1 atom stereocenters. The number of aromatic nitrogens is 2. The van der Waals surface area contributed by atoms with Gasteiger partial charge in [-0.15, -0.1) is 0 Å². The zero-order valence-electron chi connectivity index (χ0n) is 14.1. The molecule has 0 aliphatic carbocycles. The molecule has 1 unspecified atom stereocenters. The summed E-state index contributed by atoms with van der Waals surface area (Å²) in [5.74, 6) is -0.738. The quantitative estimate of drug-likeness (QED) is 0.757. The molecule has 0 aromatic carbocycles. The van der Waals surface area contributed by atoms with Gasteiger partial charge in [0.15, 0.2) is 5.69 Å². The number of rotatable bonds is 2. The molecule has 1 amide bonds. The van der Waals surface area contributed by atoms with Crippen molar-refractivity contribution >= 4 is 11.9 Å². The first-order valence-corrected chi connectivity index (χ1v) is 8.17. The average Bonchev–Trinajstić information content (AvgIpc) is 3.03. The molecule has 8 nitrogen and oxygen atoms in total. The monoisotopic (exact) mass is 334 g/mol. The Morgan fingerprint density at radius 1 is 1.29 bits per heavy atom. The molecule has 2 aliphatic rings. The maximum atomic E-state index is 12.5. The summed E-state index contributed by atoms with van der Waals surface area (Å²) < 4.78 is 6.98. The van der Waals surface area contributed by atoms with E-state index in [1.54, 1.807) is 25.3 Å². The molecular weight excluding hydrogens is 312 g/mol. The summed E-state index contributed by atoms with van der Waals surface area (Å²) in [6.45, 7) is 6.84. The fourth-order valence-electron chi connectivity index (χ4n) is 2.88. The first-order chi connectivity index (χ1) is 11.3. The van der Waals surface area contributed by atoms with Crippen LogP contribution in [0, 0.1) is 5.41 Å². The third kappa shape index (κ3) is 2.93. The Morgan fingerprint density at radius 3 is 2.67 bits per heavy atom. The second-order valence-corrected chi connectivity index (χ2v) is 7.15. The van der Waals surface area contributed by atoms with Crippen LogP contribution in [0.3, 0.4) is 0 Å². The highest BCUT2D eigenvalue weighted by atomic mass is 16.5. The van der Waals surface area contributed by atoms with Gasteiger partial charge in [-0.1, -0.05) is 0 Å². The highest BCUT2D eigenvalue weighted by Gasteiger charge is 2.33. The van der Waals surface area contributed by atoms with Crippen molar-refractivity contribution in [1.82, 2.24) is 20.2 Å². The Bertz CT molecular complexity index is 742. The van der Waals surface area contributed by atoms with Crippen LogP contribution in [0.5, 0.6) is 5.75 Å². The number of carbonyl (C=O) groups is 2. The molecule has 24 heavy (non-hydrogen) atoms. The third-order valence-electron chi connectivity index (χ3n) is 4.19. The minimum atomic E-state index is -0.791. The second kappa shape index (κ2) is 6.01. The van der Waals surface area contributed by atoms with Crippen molar-refractivity contribution in [1.29, 1.82) is 0 Å². The predicted octanol–water partition coefficient (Wildman–Crippen LogP) is 0.363. The summed E-state index contributed by atoms with van der Waals surface area (Å²) in [7, 11) is 0. The van der Waals surface area contributed by atoms with E-state index in [9.17, 15) is 14.4 Å². The van der Waals surface area contributed by atoms with Gasteiger partial charge in [-0.3, -0.25) is 14.4 Å². The highest BCUT2D eigenvalue weighted by Crippen LogP contribution is 2.26. The van der Waals surface area contributed by atoms with Gasteiger partial charge in [-0.25, -0.2) is 0 Å². The van der Waals surface area contributed by atoms with E-state index >= 15 is 0 Å². The van der Waals surface area contributed by atoms with Crippen LogP contribution in [-0.4, -0.2) is 34.5 Å². The van der Waals surface area contributed by atoms with Crippen LogP contribution in [0.4, 0.5) is 0 Å². The highest BCUT2D eigenvalue weighted by molar-refractivity contribution is 5.96. The Balaban J connectivity index is 2.11. The first kappa shape index (κ1) is 16.6. The Hall–Kier alpha value is -2.22. The van der Waals surface area contributed by atoms with Gasteiger partial charge in [-0.2, -0.15) is 4.98 Å². The van der Waals surface area contributed by atoms with Gasteiger partial charge in [0.2, 0.25) is 5.75 Å². The second-order valence-electron chi connectivity index (χ2n) is 7.15. The molecule has 0 spiro atoms. The van der Waals surface area contributed by atoms with E-state index < -0.39 is 22.9 Å². The molecule has 2 N–H and O–H groups in total. The van der Waals surface area contributed by atoms with Crippen LogP contribution in [-0.2, 0) is 11.3 Å². The standard InChI is InChI=1S/C16H22N4O4/c1-16(2,3)15(23)24-11-10-13(21)18-7-8-20(10)12(19-14(11)22)9-5-4-6-17-9/h9,17H,4-8H2,1-3H3,(H,18,21). The summed E-state index contributed by atoms with van der Waals surface area (Å²) in [6, 6.07) is -0.0604. The molecule has 3 rings (SSSR count). The maximum absolute atomic E-state index is 12.5. The number of carbonyl (C=O) groups excluding carboxylic acids is 2. The summed E-state index contributed by atoms with van der Waals surface area (Å²) in [5.41, 5.74) is -1.39. The third-order valence-corrected chi connectivity index (χ3v) is 4.19. The minimum Gasteiger partial charge on any atom is -0.418 e. The lowest BCUT2D eigenvalue weighted by molar-refractivity contribution is -0.143. The van der Waals surface area contributed by atoms with Crippen molar-refractivity contribution in [2.75, 3.05) is 13.1 Å². The Morgan fingerprint density at radius 2 is 2.04 bits per heavy atom. The van der Waals surface area contributed by atoms with Crippen LogP contribution in [0.15, 0.2) is 4.79 Å². The van der Waals surface area contributed by atoms with Gasteiger partial charge in [0.25, 0.3) is 5.91 Å². The summed E-state index contributed by atoms with van der Waals surface area (Å²) in [6.07, 6.45) is 1.84. The SMILES string of the molecule is CC(C)(C)C(=O)Oc1c2n(c(C3CCCN3)nc1=O)CCNC2=O. The molecule has 1 saturated heterocycles. The van der Waals surface area contributed by atoms with Crippen LogP contribution in [0.2, 0.25) is 0 Å². The predicted molar refractivity (Wildman–Crippen MR) is 85.9 cm³/mol. The maximum Gasteiger partial charge on any atom is 0.316 e. The number of hydrogen-bond acceptors (Lipinski definition) is 6. The molecule has 8 heteroatoms. The zero-order chi connectivity index (χ0) is 17.5. The number of hydrogen-bond donors (Lipinski definition) is 2. The van der Waals surface area contributed by atoms with Gasteiger partial charge < -0.3 is 19.9 Å². The van der Waals surface area contributed by atoms with Crippen molar-refractivity contribution in [3.05, 3.63) is 21.9 Å². The van der Waals surface area contributed by atoms with Crippen molar-refractivity contribution in [3.8, 4) is 5.75 Å². The molecule has 0 bridgehead atoms. The molecule has 1 fully saturated rings. The number of esters is 1. The Labute approximate surface area is 139 Å². The van der Waals surface area contributed by atoms with Crippen LogP contribution < -0.4 is 20.9 Å². The van der Waals surface area contributed by atoms with E-state index in [1.165, 1.54) is 0 Å². The number of nitrogens with one attached hydrogen (secondary N) is 2. The summed E-state index contributed by atoms with van der Waals surface area (Å²) >= 11 is 0. The average molecular weight is 334 g/mol. The fourth-order valence-corrected chi connectivity index (χ4v) is 2.88. The van der Waals surface area contributed by atoms with Gasteiger partial charge >= 0.3 is 11.5 Å². The number of amides is 1.